The third-order valence-electron chi connectivity index (χ3n) is 2.29. The number of benzene rings is 1. The second-order valence-electron chi connectivity index (χ2n) is 3.56. The maximum absolute atomic E-state index is 11.9. The van der Waals surface area contributed by atoms with Crippen molar-refractivity contribution in [1.82, 2.24) is 4.98 Å². The quantitative estimate of drug-likeness (QED) is 0.883. The number of thiazole rings is 1. The van der Waals surface area contributed by atoms with Gasteiger partial charge in [0, 0.05) is 22.8 Å². The molecule has 2 N–H and O–H groups in total. The number of hydrogen-bond donors (Lipinski definition) is 1. The van der Waals surface area contributed by atoms with Crippen molar-refractivity contribution in [2.24, 2.45) is 5.73 Å². The van der Waals surface area contributed by atoms with Crippen LogP contribution in [-0.2, 0) is 13.0 Å². The minimum atomic E-state index is 0.0308. The second kappa shape index (κ2) is 5.53. The Balaban J connectivity index is 2.08. The maximum Gasteiger partial charge on any atom is 0.186 e. The van der Waals surface area contributed by atoms with Gasteiger partial charge >= 0.3 is 0 Å². The smallest absolute Gasteiger partial charge is 0.186 e. The molecule has 1 aromatic carbocycles. The van der Waals surface area contributed by atoms with Crippen LogP contribution in [0.25, 0.3) is 0 Å². The molecule has 0 aliphatic heterocycles. The number of carbonyl (C=O) groups is 1. The maximum atomic E-state index is 11.9. The summed E-state index contributed by atoms with van der Waals surface area (Å²) < 4.78 is 1.01. The zero-order valence-electron chi connectivity index (χ0n) is 9.02. The number of ketones is 1. The summed E-state index contributed by atoms with van der Waals surface area (Å²) in [5, 5.41) is 2.56. The summed E-state index contributed by atoms with van der Waals surface area (Å²) in [5.41, 5.74) is 6.96. The van der Waals surface area contributed by atoms with Gasteiger partial charge in [0.15, 0.2) is 5.78 Å². The molecular formula is C12H11BrN2OS. The molecule has 0 saturated carbocycles. The van der Waals surface area contributed by atoms with Gasteiger partial charge in [-0.3, -0.25) is 4.79 Å². The molecular weight excluding hydrogens is 300 g/mol. The fraction of sp³-hybridized carbons (Fsp3) is 0.167. The molecule has 3 nitrogen and oxygen atoms in total. The highest BCUT2D eigenvalue weighted by molar-refractivity contribution is 9.10. The first-order chi connectivity index (χ1) is 8.19. The fourth-order valence-corrected chi connectivity index (χ4v) is 2.35. The van der Waals surface area contributed by atoms with Crippen LogP contribution < -0.4 is 5.73 Å². The van der Waals surface area contributed by atoms with Crippen molar-refractivity contribution < 1.29 is 4.79 Å². The molecule has 2 aromatic rings. The Morgan fingerprint density at radius 3 is 2.65 bits per heavy atom. The fourth-order valence-electron chi connectivity index (χ4n) is 1.41. The van der Waals surface area contributed by atoms with Crippen LogP contribution in [0.4, 0.5) is 0 Å². The van der Waals surface area contributed by atoms with E-state index in [-0.39, 0.29) is 5.78 Å². The van der Waals surface area contributed by atoms with Crippen LogP contribution in [0.1, 0.15) is 21.1 Å². The van der Waals surface area contributed by atoms with Crippen molar-refractivity contribution in [2.75, 3.05) is 0 Å². The molecule has 1 aromatic heterocycles. The van der Waals surface area contributed by atoms with Gasteiger partial charge in [-0.15, -0.1) is 11.3 Å². The highest BCUT2D eigenvalue weighted by Gasteiger charge is 2.10. The van der Waals surface area contributed by atoms with Crippen molar-refractivity contribution in [3.63, 3.8) is 0 Å². The van der Waals surface area contributed by atoms with Gasteiger partial charge in [-0.05, 0) is 17.7 Å². The first-order valence-electron chi connectivity index (χ1n) is 5.11. The molecule has 17 heavy (non-hydrogen) atoms. The molecule has 88 valence electrons. The van der Waals surface area contributed by atoms with E-state index in [1.165, 1.54) is 11.3 Å². The normalized spacial score (nSPS) is 10.5. The molecule has 0 aliphatic carbocycles. The molecule has 0 bridgehead atoms. The van der Waals surface area contributed by atoms with E-state index in [1.54, 1.807) is 5.38 Å². The van der Waals surface area contributed by atoms with Gasteiger partial charge < -0.3 is 5.73 Å². The van der Waals surface area contributed by atoms with Crippen molar-refractivity contribution in [2.45, 2.75) is 13.0 Å². The number of aromatic nitrogens is 1. The van der Waals surface area contributed by atoms with E-state index in [9.17, 15) is 4.79 Å². The van der Waals surface area contributed by atoms with Crippen LogP contribution in [0.15, 0.2) is 34.1 Å². The van der Waals surface area contributed by atoms with E-state index in [1.807, 2.05) is 24.3 Å². The number of halogens is 1. The Morgan fingerprint density at radius 1 is 1.35 bits per heavy atom. The molecule has 1 heterocycles. The van der Waals surface area contributed by atoms with Crippen molar-refractivity contribution in [3.8, 4) is 0 Å². The summed E-state index contributed by atoms with van der Waals surface area (Å²) >= 11 is 4.79. The molecule has 0 saturated heterocycles. The van der Waals surface area contributed by atoms with Gasteiger partial charge in [0.1, 0.15) is 10.7 Å². The second-order valence-corrected chi connectivity index (χ2v) is 5.42. The van der Waals surface area contributed by atoms with Gasteiger partial charge in [0.2, 0.25) is 0 Å². The third-order valence-corrected chi connectivity index (χ3v) is 3.69. The lowest BCUT2D eigenvalue weighted by atomic mass is 10.1. The summed E-state index contributed by atoms with van der Waals surface area (Å²) in [6.07, 6.45) is 0.376. The van der Waals surface area contributed by atoms with E-state index < -0.39 is 0 Å². The largest absolute Gasteiger partial charge is 0.325 e. The molecule has 0 atom stereocenters. The molecule has 2 rings (SSSR count). The van der Waals surface area contributed by atoms with Crippen LogP contribution >= 0.6 is 27.3 Å². The number of carbonyl (C=O) groups excluding carboxylic acids is 1. The summed E-state index contributed by atoms with van der Waals surface area (Å²) in [5.74, 6) is 0.0308. The van der Waals surface area contributed by atoms with E-state index in [2.05, 4.69) is 20.9 Å². The molecule has 5 heteroatoms. The number of rotatable bonds is 4. The van der Waals surface area contributed by atoms with Gasteiger partial charge in [0.25, 0.3) is 0 Å². The highest BCUT2D eigenvalue weighted by Crippen LogP contribution is 2.14. The van der Waals surface area contributed by atoms with Crippen LogP contribution in [0.3, 0.4) is 0 Å². The third kappa shape index (κ3) is 3.21. The highest BCUT2D eigenvalue weighted by atomic mass is 79.9. The lowest BCUT2D eigenvalue weighted by molar-refractivity contribution is 0.0988. The van der Waals surface area contributed by atoms with Crippen LogP contribution in [0.2, 0.25) is 0 Å². The van der Waals surface area contributed by atoms with E-state index in [4.69, 9.17) is 5.73 Å². The van der Waals surface area contributed by atoms with Crippen molar-refractivity contribution in [3.05, 3.63) is 50.4 Å². The number of hydrogen-bond acceptors (Lipinski definition) is 4. The van der Waals surface area contributed by atoms with Crippen molar-refractivity contribution in [1.29, 1.82) is 0 Å². The minimum Gasteiger partial charge on any atom is -0.325 e. The Labute approximate surface area is 112 Å². The zero-order chi connectivity index (χ0) is 12.3. The van der Waals surface area contributed by atoms with Gasteiger partial charge in [0.05, 0.1) is 0 Å². The first-order valence-corrected chi connectivity index (χ1v) is 6.78. The monoisotopic (exact) mass is 310 g/mol. The van der Waals surface area contributed by atoms with Crippen LogP contribution in [-0.4, -0.2) is 10.8 Å². The van der Waals surface area contributed by atoms with E-state index in [0.29, 0.717) is 18.7 Å². The van der Waals surface area contributed by atoms with Gasteiger partial charge in [-0.25, -0.2) is 4.98 Å². The molecule has 0 fully saturated rings. The van der Waals surface area contributed by atoms with Gasteiger partial charge in [-0.2, -0.15) is 0 Å². The Bertz CT molecular complexity index is 522. The van der Waals surface area contributed by atoms with E-state index >= 15 is 0 Å². The number of nitrogens with zero attached hydrogens (tertiary/aromatic N) is 1. The first kappa shape index (κ1) is 12.4. The Kier molecular flexibility index (Phi) is 4.04. The predicted octanol–water partition coefficient (Wildman–Crippen LogP) is 2.79. The van der Waals surface area contributed by atoms with Crippen molar-refractivity contribution >= 4 is 33.0 Å². The van der Waals surface area contributed by atoms with Gasteiger partial charge in [-0.1, -0.05) is 28.1 Å². The Morgan fingerprint density at radius 2 is 2.06 bits per heavy atom. The lowest BCUT2D eigenvalue weighted by Crippen LogP contribution is -2.05. The zero-order valence-corrected chi connectivity index (χ0v) is 11.4. The lowest BCUT2D eigenvalue weighted by Gasteiger charge is -1.99. The molecule has 0 radical (unpaired) electrons. The Hall–Kier alpha value is -1.04. The average Bonchev–Trinajstić information content (AvgIpc) is 2.81. The standard InChI is InChI=1S/C12H11BrN2OS/c13-9-3-1-8(2-4-9)5-11(16)10-7-17-12(6-14)15-10/h1-4,7H,5-6,14H2. The summed E-state index contributed by atoms with van der Waals surface area (Å²) in [6, 6.07) is 7.71. The minimum absolute atomic E-state index is 0.0308. The molecule has 0 amide bonds. The number of nitrogens with two attached hydrogens (primary N) is 1. The molecule has 0 unspecified atom stereocenters. The topological polar surface area (TPSA) is 56.0 Å². The van der Waals surface area contributed by atoms with E-state index in [0.717, 1.165) is 15.0 Å². The number of Topliss-reactive ketones (excluding diaryl/α,β-unsaturated/α-hetero) is 1. The summed E-state index contributed by atoms with van der Waals surface area (Å²) in [6.45, 7) is 0.385. The molecule has 0 aliphatic rings. The molecule has 0 spiro atoms. The van der Waals surface area contributed by atoms with Crippen LogP contribution in [0.5, 0.6) is 0 Å². The summed E-state index contributed by atoms with van der Waals surface area (Å²) in [4.78, 5) is 16.1. The SMILES string of the molecule is NCc1nc(C(=O)Cc2ccc(Br)cc2)cs1. The average molecular weight is 311 g/mol. The van der Waals surface area contributed by atoms with Crippen LogP contribution in [0, 0.1) is 0 Å². The summed E-state index contributed by atoms with van der Waals surface area (Å²) in [7, 11) is 0. The predicted molar refractivity (Wildman–Crippen MR) is 72.2 cm³/mol.